The molecule has 3 nitrogen and oxygen atoms in total. The first-order valence-electron chi connectivity index (χ1n) is 9.86. The Morgan fingerprint density at radius 3 is 1.86 bits per heavy atom. The number of rotatable bonds is 6. The van der Waals surface area contributed by atoms with Crippen LogP contribution in [-0.2, 0) is 4.79 Å². The lowest BCUT2D eigenvalue weighted by atomic mass is 9.98. The van der Waals surface area contributed by atoms with Crippen molar-refractivity contribution in [2.45, 2.75) is 19.0 Å². The predicted octanol–water partition coefficient (Wildman–Crippen LogP) is 5.55. The molecule has 2 N–H and O–H groups in total. The van der Waals surface area contributed by atoms with E-state index in [2.05, 4.69) is 41.0 Å². The van der Waals surface area contributed by atoms with E-state index in [4.69, 9.17) is 0 Å². The summed E-state index contributed by atoms with van der Waals surface area (Å²) in [5.41, 5.74) is 3.06. The zero-order valence-electron chi connectivity index (χ0n) is 16.4. The van der Waals surface area contributed by atoms with Crippen molar-refractivity contribution >= 4 is 22.4 Å². The maximum atomic E-state index is 12.9. The lowest BCUT2D eigenvalue weighted by molar-refractivity contribution is -0.117. The summed E-state index contributed by atoms with van der Waals surface area (Å²) in [6.07, 6.45) is 0. The molecule has 3 heteroatoms. The summed E-state index contributed by atoms with van der Waals surface area (Å²) >= 11 is 0. The molecule has 1 atom stereocenters. The highest BCUT2D eigenvalue weighted by Gasteiger charge is 2.20. The molecule has 0 saturated carbocycles. The third-order valence-electron chi connectivity index (χ3n) is 5.09. The molecule has 0 aliphatic heterocycles. The second kappa shape index (κ2) is 8.72. The van der Waals surface area contributed by atoms with Gasteiger partial charge in [0, 0.05) is 5.69 Å². The number of hydrogen-bond acceptors (Lipinski definition) is 2. The Morgan fingerprint density at radius 1 is 0.690 bits per heavy atom. The Balaban J connectivity index is 1.52. The highest BCUT2D eigenvalue weighted by molar-refractivity contribution is 5.97. The van der Waals surface area contributed by atoms with Gasteiger partial charge >= 0.3 is 0 Å². The molecule has 0 fully saturated rings. The standard InChI is InChI=1S/C26H24N2O/c1-19(26(29)28-24-17-16-20-10-8-9-15-23(20)18-24)27-25(21-11-4-2-5-12-21)22-13-6-3-7-14-22/h2-19,25,27H,1H3,(H,28,29)/t19-/m1/s1. The smallest absolute Gasteiger partial charge is 0.241 e. The minimum absolute atomic E-state index is 0.0582. The Kier molecular flexibility index (Phi) is 5.68. The molecular weight excluding hydrogens is 356 g/mol. The molecule has 0 aliphatic carbocycles. The van der Waals surface area contributed by atoms with Crippen molar-refractivity contribution in [3.8, 4) is 0 Å². The van der Waals surface area contributed by atoms with Crippen LogP contribution in [0.1, 0.15) is 24.1 Å². The lowest BCUT2D eigenvalue weighted by Crippen LogP contribution is -2.40. The van der Waals surface area contributed by atoms with Crippen molar-refractivity contribution in [2.24, 2.45) is 0 Å². The molecule has 0 heterocycles. The fourth-order valence-corrected chi connectivity index (χ4v) is 3.52. The summed E-state index contributed by atoms with van der Waals surface area (Å²) in [5, 5.41) is 8.80. The van der Waals surface area contributed by atoms with Crippen LogP contribution in [0.25, 0.3) is 10.8 Å². The molecule has 4 aromatic carbocycles. The van der Waals surface area contributed by atoms with E-state index in [-0.39, 0.29) is 18.0 Å². The highest BCUT2D eigenvalue weighted by Crippen LogP contribution is 2.23. The highest BCUT2D eigenvalue weighted by atomic mass is 16.2. The number of nitrogens with one attached hydrogen (secondary N) is 2. The van der Waals surface area contributed by atoms with E-state index in [0.29, 0.717) is 0 Å². The third-order valence-corrected chi connectivity index (χ3v) is 5.09. The summed E-state index contributed by atoms with van der Waals surface area (Å²) in [6.45, 7) is 1.90. The number of hydrogen-bond donors (Lipinski definition) is 2. The van der Waals surface area contributed by atoms with E-state index in [1.165, 1.54) is 0 Å². The molecule has 0 bridgehead atoms. The van der Waals surface area contributed by atoms with Gasteiger partial charge in [-0.15, -0.1) is 0 Å². The van der Waals surface area contributed by atoms with E-state index >= 15 is 0 Å². The summed E-state index contributed by atoms with van der Waals surface area (Å²) in [6, 6.07) is 34.1. The minimum atomic E-state index is -0.369. The maximum Gasteiger partial charge on any atom is 0.241 e. The average Bonchev–Trinajstić information content (AvgIpc) is 2.78. The zero-order chi connectivity index (χ0) is 20.1. The topological polar surface area (TPSA) is 41.1 Å². The molecule has 0 unspecified atom stereocenters. The van der Waals surface area contributed by atoms with Crippen LogP contribution >= 0.6 is 0 Å². The fraction of sp³-hybridized carbons (Fsp3) is 0.115. The monoisotopic (exact) mass is 380 g/mol. The Hall–Kier alpha value is -3.43. The van der Waals surface area contributed by atoms with Gasteiger partial charge in [-0.1, -0.05) is 91.0 Å². The number of amides is 1. The molecule has 0 spiro atoms. The van der Waals surface area contributed by atoms with E-state index in [1.807, 2.05) is 79.7 Å². The first-order chi connectivity index (χ1) is 14.2. The number of benzene rings is 4. The van der Waals surface area contributed by atoms with Gasteiger partial charge in [-0.2, -0.15) is 0 Å². The lowest BCUT2D eigenvalue weighted by Gasteiger charge is -2.24. The van der Waals surface area contributed by atoms with Gasteiger partial charge < -0.3 is 5.32 Å². The van der Waals surface area contributed by atoms with E-state index in [9.17, 15) is 4.79 Å². The Bertz CT molecular complexity index is 1050. The summed E-state index contributed by atoms with van der Waals surface area (Å²) in [4.78, 5) is 12.9. The molecule has 0 aromatic heterocycles. The summed E-state index contributed by atoms with van der Waals surface area (Å²) in [7, 11) is 0. The van der Waals surface area contributed by atoms with Crippen LogP contribution in [0.3, 0.4) is 0 Å². The maximum absolute atomic E-state index is 12.9. The van der Waals surface area contributed by atoms with Crippen molar-refractivity contribution in [3.05, 3.63) is 114 Å². The fourth-order valence-electron chi connectivity index (χ4n) is 3.52. The Labute approximate surface area is 171 Å². The van der Waals surface area contributed by atoms with Gasteiger partial charge in [0.05, 0.1) is 12.1 Å². The molecule has 0 saturated heterocycles. The van der Waals surface area contributed by atoms with Crippen LogP contribution in [0.5, 0.6) is 0 Å². The van der Waals surface area contributed by atoms with Crippen LogP contribution in [0, 0.1) is 0 Å². The van der Waals surface area contributed by atoms with Crippen molar-refractivity contribution in [1.29, 1.82) is 0 Å². The van der Waals surface area contributed by atoms with Crippen molar-refractivity contribution in [3.63, 3.8) is 0 Å². The molecule has 29 heavy (non-hydrogen) atoms. The number of carbonyl (C=O) groups excluding carboxylic acids is 1. The van der Waals surface area contributed by atoms with Gasteiger partial charge in [0.15, 0.2) is 0 Å². The first kappa shape index (κ1) is 18.9. The zero-order valence-corrected chi connectivity index (χ0v) is 16.4. The molecule has 144 valence electrons. The van der Waals surface area contributed by atoms with Gasteiger partial charge in [-0.3, -0.25) is 10.1 Å². The van der Waals surface area contributed by atoms with Crippen LogP contribution in [0.2, 0.25) is 0 Å². The van der Waals surface area contributed by atoms with E-state index < -0.39 is 0 Å². The normalized spacial score (nSPS) is 12.1. The van der Waals surface area contributed by atoms with Crippen LogP contribution in [0.4, 0.5) is 5.69 Å². The average molecular weight is 380 g/mol. The van der Waals surface area contributed by atoms with Gasteiger partial charge in [-0.25, -0.2) is 0 Å². The Morgan fingerprint density at radius 2 is 1.24 bits per heavy atom. The first-order valence-corrected chi connectivity index (χ1v) is 9.86. The summed E-state index contributed by atoms with van der Waals surface area (Å²) in [5.74, 6) is -0.0582. The second-order valence-electron chi connectivity index (χ2n) is 7.19. The van der Waals surface area contributed by atoms with Crippen LogP contribution in [0.15, 0.2) is 103 Å². The number of fused-ring (bicyclic) bond motifs is 1. The number of anilines is 1. The van der Waals surface area contributed by atoms with Gasteiger partial charge in [0.2, 0.25) is 5.91 Å². The third kappa shape index (κ3) is 4.53. The van der Waals surface area contributed by atoms with Gasteiger partial charge in [0.1, 0.15) is 0 Å². The SMILES string of the molecule is C[C@@H](NC(c1ccccc1)c1ccccc1)C(=O)Nc1ccc2ccccc2c1. The van der Waals surface area contributed by atoms with Crippen molar-refractivity contribution < 1.29 is 4.79 Å². The van der Waals surface area contributed by atoms with E-state index in [1.54, 1.807) is 0 Å². The minimum Gasteiger partial charge on any atom is -0.325 e. The van der Waals surface area contributed by atoms with Gasteiger partial charge in [-0.05, 0) is 41.0 Å². The molecule has 0 aliphatic rings. The van der Waals surface area contributed by atoms with E-state index in [0.717, 1.165) is 27.6 Å². The molecular formula is C26H24N2O. The van der Waals surface area contributed by atoms with Gasteiger partial charge in [0.25, 0.3) is 0 Å². The predicted molar refractivity (Wildman–Crippen MR) is 120 cm³/mol. The van der Waals surface area contributed by atoms with Crippen LogP contribution < -0.4 is 10.6 Å². The van der Waals surface area contributed by atoms with Crippen molar-refractivity contribution in [1.82, 2.24) is 5.32 Å². The quantitative estimate of drug-likeness (QED) is 0.461. The number of carbonyl (C=O) groups is 1. The molecule has 0 radical (unpaired) electrons. The second-order valence-corrected chi connectivity index (χ2v) is 7.19. The van der Waals surface area contributed by atoms with Crippen molar-refractivity contribution in [2.75, 3.05) is 5.32 Å². The summed E-state index contributed by atoms with van der Waals surface area (Å²) < 4.78 is 0. The molecule has 1 amide bonds. The largest absolute Gasteiger partial charge is 0.325 e. The molecule has 4 aromatic rings. The van der Waals surface area contributed by atoms with Crippen LogP contribution in [-0.4, -0.2) is 11.9 Å². The molecule has 4 rings (SSSR count).